The van der Waals surface area contributed by atoms with Gasteiger partial charge in [0.2, 0.25) is 5.91 Å². The van der Waals surface area contributed by atoms with Crippen molar-refractivity contribution in [1.82, 2.24) is 5.32 Å². The minimum Gasteiger partial charge on any atom is -0.480 e. The molecule has 1 saturated heterocycles. The van der Waals surface area contributed by atoms with E-state index in [1.165, 1.54) is 5.56 Å². The van der Waals surface area contributed by atoms with Crippen molar-refractivity contribution in [1.29, 1.82) is 0 Å². The van der Waals surface area contributed by atoms with Gasteiger partial charge in [0.1, 0.15) is 6.04 Å². The Morgan fingerprint density at radius 2 is 1.95 bits per heavy atom. The first-order chi connectivity index (χ1) is 8.84. The van der Waals surface area contributed by atoms with Crippen LogP contribution in [0.1, 0.15) is 44.2 Å². The third-order valence-electron chi connectivity index (χ3n) is 3.95. The number of carboxylic acids is 1. The summed E-state index contributed by atoms with van der Waals surface area (Å²) in [5.41, 5.74) is 1.41. The molecule has 4 nitrogen and oxygen atoms in total. The highest BCUT2D eigenvalue weighted by Gasteiger charge is 2.48. The lowest BCUT2D eigenvalue weighted by molar-refractivity contribution is -0.141. The number of carbonyl (C=O) groups excluding carboxylic acids is 1. The van der Waals surface area contributed by atoms with E-state index in [0.717, 1.165) is 5.56 Å². The summed E-state index contributed by atoms with van der Waals surface area (Å²) in [5.74, 6) is -0.760. The number of amides is 1. The third kappa shape index (κ3) is 2.35. The molecule has 0 spiro atoms. The van der Waals surface area contributed by atoms with Crippen molar-refractivity contribution < 1.29 is 14.7 Å². The Morgan fingerprint density at radius 3 is 2.42 bits per heavy atom. The topological polar surface area (TPSA) is 66.4 Å². The van der Waals surface area contributed by atoms with Crippen LogP contribution in [0, 0.1) is 0 Å². The normalized spacial score (nSPS) is 26.5. The van der Waals surface area contributed by atoms with Gasteiger partial charge in [-0.05, 0) is 17.0 Å². The van der Waals surface area contributed by atoms with Crippen LogP contribution in [0.5, 0.6) is 0 Å². The first-order valence-corrected chi connectivity index (χ1v) is 6.47. The average molecular weight is 261 g/mol. The second-order valence-corrected chi connectivity index (χ2v) is 5.71. The average Bonchev–Trinajstić information content (AvgIpc) is 2.66. The van der Waals surface area contributed by atoms with E-state index in [9.17, 15) is 14.7 Å². The molecule has 2 rings (SSSR count). The quantitative estimate of drug-likeness (QED) is 0.875. The number of aliphatic carboxylic acids is 1. The van der Waals surface area contributed by atoms with Gasteiger partial charge in [-0.15, -0.1) is 0 Å². The fourth-order valence-corrected chi connectivity index (χ4v) is 2.66. The number of nitrogens with one attached hydrogen (secondary N) is 1. The summed E-state index contributed by atoms with van der Waals surface area (Å²) < 4.78 is 0. The molecule has 0 aromatic heterocycles. The van der Waals surface area contributed by atoms with Gasteiger partial charge >= 0.3 is 5.97 Å². The number of benzene rings is 1. The Balaban J connectivity index is 2.38. The van der Waals surface area contributed by atoms with Crippen LogP contribution in [0.2, 0.25) is 0 Å². The fraction of sp³-hybridized carbons (Fsp3) is 0.467. The molecule has 0 bridgehead atoms. The summed E-state index contributed by atoms with van der Waals surface area (Å²) in [7, 11) is 0. The highest BCUT2D eigenvalue weighted by molar-refractivity contribution is 5.90. The van der Waals surface area contributed by atoms with Crippen molar-refractivity contribution in [3.8, 4) is 0 Å². The van der Waals surface area contributed by atoms with Gasteiger partial charge in [-0.1, -0.05) is 45.0 Å². The molecule has 1 fully saturated rings. The molecule has 2 unspecified atom stereocenters. The van der Waals surface area contributed by atoms with E-state index in [4.69, 9.17) is 0 Å². The Kier molecular flexibility index (Phi) is 3.35. The van der Waals surface area contributed by atoms with Crippen LogP contribution in [-0.4, -0.2) is 23.0 Å². The lowest BCUT2D eigenvalue weighted by atomic mass is 9.75. The zero-order chi connectivity index (χ0) is 14.2. The summed E-state index contributed by atoms with van der Waals surface area (Å²) >= 11 is 0. The minimum atomic E-state index is -0.985. The molecule has 19 heavy (non-hydrogen) atoms. The molecule has 0 saturated carbocycles. The SMILES string of the molecule is CC(C)c1ccc(C2(C)CC(=O)NC2C(=O)O)cc1. The highest BCUT2D eigenvalue weighted by Crippen LogP contribution is 2.36. The van der Waals surface area contributed by atoms with Gasteiger partial charge in [-0.25, -0.2) is 4.79 Å². The largest absolute Gasteiger partial charge is 0.480 e. The first kappa shape index (κ1) is 13.6. The Bertz CT molecular complexity index is 507. The maximum Gasteiger partial charge on any atom is 0.327 e. The number of hydrogen-bond acceptors (Lipinski definition) is 2. The van der Waals surface area contributed by atoms with Crippen LogP contribution in [0.15, 0.2) is 24.3 Å². The maximum absolute atomic E-state index is 11.5. The van der Waals surface area contributed by atoms with Gasteiger partial charge in [0.05, 0.1) is 0 Å². The molecule has 102 valence electrons. The van der Waals surface area contributed by atoms with Crippen LogP contribution in [0.25, 0.3) is 0 Å². The van der Waals surface area contributed by atoms with Crippen molar-refractivity contribution in [2.24, 2.45) is 0 Å². The van der Waals surface area contributed by atoms with Crippen LogP contribution in [0.3, 0.4) is 0 Å². The molecular formula is C15H19NO3. The van der Waals surface area contributed by atoms with Crippen LogP contribution >= 0.6 is 0 Å². The Labute approximate surface area is 112 Å². The Hall–Kier alpha value is -1.84. The van der Waals surface area contributed by atoms with E-state index in [1.54, 1.807) is 0 Å². The van der Waals surface area contributed by atoms with E-state index in [-0.39, 0.29) is 12.3 Å². The molecule has 0 radical (unpaired) electrons. The van der Waals surface area contributed by atoms with Gasteiger partial charge in [0.25, 0.3) is 0 Å². The van der Waals surface area contributed by atoms with Crippen LogP contribution in [0.4, 0.5) is 0 Å². The summed E-state index contributed by atoms with van der Waals surface area (Å²) in [6.45, 7) is 6.04. The predicted molar refractivity (Wildman–Crippen MR) is 72.1 cm³/mol. The molecule has 2 N–H and O–H groups in total. The van der Waals surface area contributed by atoms with E-state index < -0.39 is 17.4 Å². The van der Waals surface area contributed by atoms with Crippen LogP contribution < -0.4 is 5.32 Å². The number of hydrogen-bond donors (Lipinski definition) is 2. The number of rotatable bonds is 3. The molecular weight excluding hydrogens is 242 g/mol. The first-order valence-electron chi connectivity index (χ1n) is 6.47. The van der Waals surface area contributed by atoms with Crippen molar-refractivity contribution >= 4 is 11.9 Å². The molecule has 1 aromatic rings. The van der Waals surface area contributed by atoms with Gasteiger partial charge in [-0.2, -0.15) is 0 Å². The molecule has 1 aliphatic rings. The highest BCUT2D eigenvalue weighted by atomic mass is 16.4. The van der Waals surface area contributed by atoms with Crippen molar-refractivity contribution in [3.05, 3.63) is 35.4 Å². The number of carbonyl (C=O) groups is 2. The van der Waals surface area contributed by atoms with Gasteiger partial charge in [0.15, 0.2) is 0 Å². The zero-order valence-corrected chi connectivity index (χ0v) is 11.4. The molecule has 0 aliphatic carbocycles. The summed E-state index contributed by atoms with van der Waals surface area (Å²) in [6, 6.07) is 7.03. The standard InChI is InChI=1S/C15H19NO3/c1-9(2)10-4-6-11(7-5-10)15(3)8-12(17)16-13(15)14(18)19/h4-7,9,13H,8H2,1-3H3,(H,16,17)(H,18,19). The van der Waals surface area contributed by atoms with Gasteiger partial charge in [-0.3, -0.25) is 4.79 Å². The van der Waals surface area contributed by atoms with Crippen molar-refractivity contribution in [2.75, 3.05) is 0 Å². The molecule has 1 amide bonds. The third-order valence-corrected chi connectivity index (χ3v) is 3.95. The maximum atomic E-state index is 11.5. The number of carboxylic acid groups (broad SMARTS) is 1. The molecule has 4 heteroatoms. The second-order valence-electron chi connectivity index (χ2n) is 5.71. The summed E-state index contributed by atoms with van der Waals surface area (Å²) in [6.07, 6.45) is 0.213. The van der Waals surface area contributed by atoms with E-state index in [1.807, 2.05) is 31.2 Å². The van der Waals surface area contributed by atoms with E-state index in [2.05, 4.69) is 19.2 Å². The van der Waals surface area contributed by atoms with Gasteiger partial charge < -0.3 is 10.4 Å². The van der Waals surface area contributed by atoms with Crippen molar-refractivity contribution in [2.45, 2.75) is 44.6 Å². The van der Waals surface area contributed by atoms with E-state index >= 15 is 0 Å². The minimum absolute atomic E-state index is 0.206. The Morgan fingerprint density at radius 1 is 1.37 bits per heavy atom. The van der Waals surface area contributed by atoms with Gasteiger partial charge in [0, 0.05) is 11.8 Å². The summed E-state index contributed by atoms with van der Waals surface area (Å²) in [4.78, 5) is 22.8. The summed E-state index contributed by atoms with van der Waals surface area (Å²) in [5, 5.41) is 11.8. The molecule has 2 atom stereocenters. The molecule has 1 aromatic carbocycles. The smallest absolute Gasteiger partial charge is 0.327 e. The second kappa shape index (κ2) is 4.68. The van der Waals surface area contributed by atoms with E-state index in [0.29, 0.717) is 5.92 Å². The van der Waals surface area contributed by atoms with Crippen LogP contribution in [-0.2, 0) is 15.0 Å². The zero-order valence-electron chi connectivity index (χ0n) is 11.4. The fourth-order valence-electron chi connectivity index (χ4n) is 2.66. The monoisotopic (exact) mass is 261 g/mol. The molecule has 1 heterocycles. The lowest BCUT2D eigenvalue weighted by Gasteiger charge is -2.28. The predicted octanol–water partition coefficient (Wildman–Crippen LogP) is 2.04. The van der Waals surface area contributed by atoms with Crippen molar-refractivity contribution in [3.63, 3.8) is 0 Å². The lowest BCUT2D eigenvalue weighted by Crippen LogP contribution is -2.44. The molecule has 1 aliphatic heterocycles.